The van der Waals surface area contributed by atoms with Crippen molar-refractivity contribution in [1.82, 2.24) is 4.98 Å². The fourth-order valence-corrected chi connectivity index (χ4v) is 2.49. The summed E-state index contributed by atoms with van der Waals surface area (Å²) in [5.74, 6) is 0. The van der Waals surface area contributed by atoms with Crippen LogP contribution in [-0.4, -0.2) is 18.7 Å². The Labute approximate surface area is 124 Å². The van der Waals surface area contributed by atoms with E-state index in [1.54, 1.807) is 7.11 Å². The van der Waals surface area contributed by atoms with Crippen molar-refractivity contribution in [3.8, 4) is 0 Å². The first-order valence-corrected chi connectivity index (χ1v) is 7.02. The van der Waals surface area contributed by atoms with Crippen LogP contribution in [0.15, 0.2) is 66.9 Å². The van der Waals surface area contributed by atoms with Crippen molar-refractivity contribution in [3.05, 3.63) is 72.4 Å². The molecule has 0 spiro atoms. The molecule has 0 aliphatic heterocycles. The smallest absolute Gasteiger partial charge is 0.0747 e. The minimum absolute atomic E-state index is 0.113. The monoisotopic (exact) mass is 278 g/mol. The van der Waals surface area contributed by atoms with Gasteiger partial charge in [-0.25, -0.2) is 0 Å². The van der Waals surface area contributed by atoms with Crippen LogP contribution in [0.3, 0.4) is 0 Å². The van der Waals surface area contributed by atoms with E-state index in [1.165, 1.54) is 5.56 Å². The molecule has 3 aromatic rings. The Morgan fingerprint density at radius 3 is 2.67 bits per heavy atom. The molecule has 0 radical (unpaired) electrons. The standard InChI is InChI=1S/C18H18N2O/c1-21-13-18(14-7-3-2-4-8-14)20-17-11-5-10-16-15(17)9-6-12-19-16/h2-12,18,20H,13H2,1H3. The SMILES string of the molecule is COCC(Nc1cccc2ncccc12)c1ccccc1. The summed E-state index contributed by atoms with van der Waals surface area (Å²) in [6.45, 7) is 0.612. The quantitative estimate of drug-likeness (QED) is 0.765. The molecule has 0 aliphatic rings. The van der Waals surface area contributed by atoms with Crippen LogP contribution in [0.5, 0.6) is 0 Å². The molecule has 2 aromatic carbocycles. The fraction of sp³-hybridized carbons (Fsp3) is 0.167. The molecule has 1 N–H and O–H groups in total. The average molecular weight is 278 g/mol. The Kier molecular flexibility index (Phi) is 4.12. The minimum Gasteiger partial charge on any atom is -0.382 e. The summed E-state index contributed by atoms with van der Waals surface area (Å²) in [4.78, 5) is 4.40. The third-order valence-electron chi connectivity index (χ3n) is 3.51. The number of anilines is 1. The maximum Gasteiger partial charge on any atom is 0.0747 e. The van der Waals surface area contributed by atoms with Crippen molar-refractivity contribution in [2.45, 2.75) is 6.04 Å². The molecule has 0 amide bonds. The van der Waals surface area contributed by atoms with Crippen molar-refractivity contribution in [3.63, 3.8) is 0 Å². The zero-order valence-corrected chi connectivity index (χ0v) is 12.0. The molecule has 106 valence electrons. The minimum atomic E-state index is 0.113. The molecule has 1 unspecified atom stereocenters. The van der Waals surface area contributed by atoms with Gasteiger partial charge in [-0.3, -0.25) is 4.98 Å². The molecule has 0 saturated heterocycles. The summed E-state index contributed by atoms with van der Waals surface area (Å²) in [6, 6.07) is 20.6. The number of nitrogens with one attached hydrogen (secondary N) is 1. The van der Waals surface area contributed by atoms with E-state index in [4.69, 9.17) is 4.74 Å². The summed E-state index contributed by atoms with van der Waals surface area (Å²) in [7, 11) is 1.72. The van der Waals surface area contributed by atoms with Crippen LogP contribution in [0.25, 0.3) is 10.9 Å². The van der Waals surface area contributed by atoms with Gasteiger partial charge in [-0.05, 0) is 29.8 Å². The second-order valence-corrected chi connectivity index (χ2v) is 4.94. The van der Waals surface area contributed by atoms with E-state index in [9.17, 15) is 0 Å². The van der Waals surface area contributed by atoms with E-state index in [0.29, 0.717) is 6.61 Å². The second kappa shape index (κ2) is 6.37. The van der Waals surface area contributed by atoms with E-state index in [-0.39, 0.29) is 6.04 Å². The van der Waals surface area contributed by atoms with E-state index in [1.807, 2.05) is 42.6 Å². The number of hydrogen-bond donors (Lipinski definition) is 1. The number of benzene rings is 2. The highest BCUT2D eigenvalue weighted by Crippen LogP contribution is 2.26. The molecule has 0 fully saturated rings. The number of methoxy groups -OCH3 is 1. The Hall–Kier alpha value is -2.39. The molecular formula is C18H18N2O. The normalized spacial score (nSPS) is 12.2. The summed E-state index contributed by atoms with van der Waals surface area (Å²) in [6.07, 6.45) is 1.82. The number of fused-ring (bicyclic) bond motifs is 1. The fourth-order valence-electron chi connectivity index (χ4n) is 2.49. The average Bonchev–Trinajstić information content (AvgIpc) is 2.55. The van der Waals surface area contributed by atoms with Gasteiger partial charge in [0.05, 0.1) is 18.2 Å². The van der Waals surface area contributed by atoms with Crippen molar-refractivity contribution in [2.24, 2.45) is 0 Å². The summed E-state index contributed by atoms with van der Waals surface area (Å²) < 4.78 is 5.36. The van der Waals surface area contributed by atoms with Crippen LogP contribution in [0, 0.1) is 0 Å². The van der Waals surface area contributed by atoms with Crippen LogP contribution in [0.1, 0.15) is 11.6 Å². The highest BCUT2D eigenvalue weighted by Gasteiger charge is 2.12. The van der Waals surface area contributed by atoms with Crippen LogP contribution in [0.2, 0.25) is 0 Å². The van der Waals surface area contributed by atoms with Gasteiger partial charge in [-0.15, -0.1) is 0 Å². The number of hydrogen-bond acceptors (Lipinski definition) is 3. The topological polar surface area (TPSA) is 34.1 Å². The van der Waals surface area contributed by atoms with Crippen molar-refractivity contribution in [2.75, 3.05) is 19.0 Å². The zero-order valence-electron chi connectivity index (χ0n) is 12.0. The first kappa shape index (κ1) is 13.6. The van der Waals surface area contributed by atoms with Gasteiger partial charge in [-0.1, -0.05) is 36.4 Å². The Morgan fingerprint density at radius 1 is 1.00 bits per heavy atom. The highest BCUT2D eigenvalue weighted by atomic mass is 16.5. The molecule has 3 nitrogen and oxygen atoms in total. The first-order valence-electron chi connectivity index (χ1n) is 7.02. The van der Waals surface area contributed by atoms with Crippen LogP contribution in [0.4, 0.5) is 5.69 Å². The molecule has 1 heterocycles. The van der Waals surface area contributed by atoms with Crippen molar-refractivity contribution >= 4 is 16.6 Å². The summed E-state index contributed by atoms with van der Waals surface area (Å²) in [5, 5.41) is 4.70. The van der Waals surface area contributed by atoms with Crippen LogP contribution in [-0.2, 0) is 4.74 Å². The highest BCUT2D eigenvalue weighted by molar-refractivity contribution is 5.91. The maximum atomic E-state index is 5.36. The number of ether oxygens (including phenoxy) is 1. The van der Waals surface area contributed by atoms with Gasteiger partial charge in [0.25, 0.3) is 0 Å². The number of aromatic nitrogens is 1. The lowest BCUT2D eigenvalue weighted by molar-refractivity contribution is 0.186. The van der Waals surface area contributed by atoms with E-state index < -0.39 is 0 Å². The lowest BCUT2D eigenvalue weighted by Crippen LogP contribution is -2.16. The molecule has 21 heavy (non-hydrogen) atoms. The van der Waals surface area contributed by atoms with E-state index in [0.717, 1.165) is 16.6 Å². The Bertz CT molecular complexity index is 707. The molecule has 3 heteroatoms. The first-order chi connectivity index (χ1) is 10.4. The van der Waals surface area contributed by atoms with Crippen molar-refractivity contribution < 1.29 is 4.74 Å². The molecular weight excluding hydrogens is 260 g/mol. The predicted octanol–water partition coefficient (Wildman–Crippen LogP) is 4.03. The molecule has 1 aromatic heterocycles. The number of rotatable bonds is 5. The Morgan fingerprint density at radius 2 is 1.86 bits per heavy atom. The van der Waals surface area contributed by atoms with Gasteiger partial charge in [-0.2, -0.15) is 0 Å². The van der Waals surface area contributed by atoms with Crippen LogP contribution >= 0.6 is 0 Å². The zero-order chi connectivity index (χ0) is 14.5. The van der Waals surface area contributed by atoms with Gasteiger partial charge in [0.15, 0.2) is 0 Å². The van der Waals surface area contributed by atoms with Gasteiger partial charge < -0.3 is 10.1 Å². The molecule has 0 aliphatic carbocycles. The molecule has 3 rings (SSSR count). The van der Waals surface area contributed by atoms with Gasteiger partial charge in [0.1, 0.15) is 0 Å². The van der Waals surface area contributed by atoms with Gasteiger partial charge >= 0.3 is 0 Å². The van der Waals surface area contributed by atoms with E-state index in [2.05, 4.69) is 34.6 Å². The summed E-state index contributed by atoms with van der Waals surface area (Å²) in [5.41, 5.74) is 3.28. The molecule has 1 atom stereocenters. The predicted molar refractivity (Wildman–Crippen MR) is 86.4 cm³/mol. The number of pyridine rings is 1. The third kappa shape index (κ3) is 3.03. The largest absolute Gasteiger partial charge is 0.382 e. The van der Waals surface area contributed by atoms with Crippen LogP contribution < -0.4 is 5.32 Å². The molecule has 0 bridgehead atoms. The van der Waals surface area contributed by atoms with Gasteiger partial charge in [0.2, 0.25) is 0 Å². The Balaban J connectivity index is 1.95. The van der Waals surface area contributed by atoms with E-state index >= 15 is 0 Å². The third-order valence-corrected chi connectivity index (χ3v) is 3.51. The van der Waals surface area contributed by atoms with Gasteiger partial charge in [0, 0.05) is 24.4 Å². The van der Waals surface area contributed by atoms with Crippen molar-refractivity contribution in [1.29, 1.82) is 0 Å². The summed E-state index contributed by atoms with van der Waals surface area (Å²) >= 11 is 0. The molecule has 0 saturated carbocycles. The second-order valence-electron chi connectivity index (χ2n) is 4.94. The number of nitrogens with zero attached hydrogens (tertiary/aromatic N) is 1. The lowest BCUT2D eigenvalue weighted by Gasteiger charge is -2.20. The lowest BCUT2D eigenvalue weighted by atomic mass is 10.1. The maximum absolute atomic E-state index is 5.36.